The number of halogens is 1. The molecule has 0 bridgehead atoms. The van der Waals surface area contributed by atoms with Crippen LogP contribution in [0.5, 0.6) is 5.75 Å². The van der Waals surface area contributed by atoms with Crippen LogP contribution in [-0.2, 0) is 14.3 Å². The zero-order valence-electron chi connectivity index (χ0n) is 14.0. The summed E-state index contributed by atoms with van der Waals surface area (Å²) in [5, 5.41) is 0. The molecule has 0 aromatic heterocycles. The first-order valence-corrected chi connectivity index (χ1v) is 8.46. The first kappa shape index (κ1) is 16.2. The van der Waals surface area contributed by atoms with E-state index in [0.717, 1.165) is 5.56 Å². The third-order valence-corrected chi connectivity index (χ3v) is 5.12. The van der Waals surface area contributed by atoms with Gasteiger partial charge in [-0.3, -0.25) is 4.79 Å². The highest BCUT2D eigenvalue weighted by Crippen LogP contribution is 2.39. The van der Waals surface area contributed by atoms with Gasteiger partial charge < -0.3 is 19.1 Å². The molecule has 3 aliphatic rings. The highest BCUT2D eigenvalue weighted by molar-refractivity contribution is 5.75. The van der Waals surface area contributed by atoms with Crippen LogP contribution in [0.4, 0.5) is 9.18 Å². The van der Waals surface area contributed by atoms with Crippen molar-refractivity contribution in [3.63, 3.8) is 0 Å². The van der Waals surface area contributed by atoms with Crippen LogP contribution in [0.3, 0.4) is 0 Å². The lowest BCUT2D eigenvalue weighted by Gasteiger charge is -2.46. The third kappa shape index (κ3) is 3.15. The van der Waals surface area contributed by atoms with Crippen LogP contribution in [0, 0.1) is 18.2 Å². The normalized spacial score (nSPS) is 26.6. The number of esters is 1. The molecule has 1 aromatic rings. The molecule has 2 aliphatic heterocycles. The number of hydrogen-bond acceptors (Lipinski definition) is 5. The van der Waals surface area contributed by atoms with E-state index < -0.39 is 0 Å². The number of carbonyl (C=O) groups is 2. The zero-order chi connectivity index (χ0) is 17.6. The molecule has 1 saturated carbocycles. The molecule has 2 heterocycles. The van der Waals surface area contributed by atoms with Gasteiger partial charge in [-0.05, 0) is 30.7 Å². The second-order valence-corrected chi connectivity index (χ2v) is 7.32. The van der Waals surface area contributed by atoms with Gasteiger partial charge in [-0.25, -0.2) is 9.18 Å². The number of nitrogens with zero attached hydrogens (tertiary/aromatic N) is 1. The van der Waals surface area contributed by atoms with Crippen molar-refractivity contribution in [3.8, 4) is 5.75 Å². The van der Waals surface area contributed by atoms with E-state index in [1.165, 1.54) is 12.1 Å². The Bertz CT molecular complexity index is 709. The minimum Gasteiger partial charge on any atom is -0.490 e. The summed E-state index contributed by atoms with van der Waals surface area (Å²) in [6.07, 6.45) is 1.12. The van der Waals surface area contributed by atoms with Crippen molar-refractivity contribution in [2.75, 3.05) is 19.7 Å². The molecule has 1 amide bonds. The van der Waals surface area contributed by atoms with Crippen molar-refractivity contribution in [1.82, 2.24) is 4.90 Å². The van der Waals surface area contributed by atoms with Gasteiger partial charge in [-0.2, -0.15) is 0 Å². The van der Waals surface area contributed by atoms with Gasteiger partial charge in [0.1, 0.15) is 30.4 Å². The van der Waals surface area contributed by atoms with Crippen molar-refractivity contribution in [2.45, 2.75) is 38.4 Å². The largest absolute Gasteiger partial charge is 0.490 e. The predicted molar refractivity (Wildman–Crippen MR) is 84.6 cm³/mol. The van der Waals surface area contributed by atoms with Gasteiger partial charge in [0, 0.05) is 25.9 Å². The van der Waals surface area contributed by atoms with Gasteiger partial charge in [-0.1, -0.05) is 0 Å². The summed E-state index contributed by atoms with van der Waals surface area (Å²) >= 11 is 0. The number of carbonyl (C=O) groups excluding carboxylic acids is 2. The lowest BCUT2D eigenvalue weighted by molar-refractivity contribution is -0.137. The van der Waals surface area contributed by atoms with Gasteiger partial charge >= 0.3 is 12.1 Å². The average molecular weight is 349 g/mol. The molecule has 1 spiro atoms. The van der Waals surface area contributed by atoms with Crippen LogP contribution in [0.25, 0.3) is 0 Å². The Morgan fingerprint density at radius 1 is 1.32 bits per heavy atom. The number of aryl methyl sites for hydroxylation is 1. The molecule has 0 atom stereocenters. The number of hydrogen-bond donors (Lipinski definition) is 0. The molecule has 0 unspecified atom stereocenters. The Hall–Kier alpha value is -2.31. The molecule has 1 aliphatic carbocycles. The fourth-order valence-electron chi connectivity index (χ4n) is 3.59. The minimum atomic E-state index is -0.341. The van der Waals surface area contributed by atoms with Crippen molar-refractivity contribution < 1.29 is 28.2 Å². The summed E-state index contributed by atoms with van der Waals surface area (Å²) in [5.74, 6) is 0.182. The summed E-state index contributed by atoms with van der Waals surface area (Å²) in [7, 11) is 0. The monoisotopic (exact) mass is 349 g/mol. The highest BCUT2D eigenvalue weighted by Gasteiger charge is 2.52. The Labute approximate surface area is 144 Å². The molecule has 7 heteroatoms. The average Bonchev–Trinajstić information content (AvgIpc) is 2.88. The number of cyclic esters (lactones) is 1. The number of benzene rings is 1. The van der Waals surface area contributed by atoms with E-state index in [9.17, 15) is 14.0 Å². The van der Waals surface area contributed by atoms with Gasteiger partial charge in [0.25, 0.3) is 0 Å². The highest BCUT2D eigenvalue weighted by atomic mass is 19.1. The quantitative estimate of drug-likeness (QED) is 0.784. The van der Waals surface area contributed by atoms with Crippen LogP contribution in [-0.4, -0.2) is 48.9 Å². The van der Waals surface area contributed by atoms with E-state index in [1.807, 2.05) is 0 Å². The van der Waals surface area contributed by atoms with Gasteiger partial charge in [0.05, 0.1) is 11.8 Å². The van der Waals surface area contributed by atoms with Crippen molar-refractivity contribution in [1.29, 1.82) is 0 Å². The maximum Gasteiger partial charge on any atom is 0.410 e. The Morgan fingerprint density at radius 3 is 2.72 bits per heavy atom. The molecule has 6 nitrogen and oxygen atoms in total. The van der Waals surface area contributed by atoms with Crippen molar-refractivity contribution in [3.05, 3.63) is 29.6 Å². The Morgan fingerprint density at radius 2 is 2.08 bits per heavy atom. The molecular formula is C18H20FNO5. The fraction of sp³-hybridized carbons (Fsp3) is 0.556. The second-order valence-electron chi connectivity index (χ2n) is 7.32. The van der Waals surface area contributed by atoms with Crippen LogP contribution in [0.15, 0.2) is 18.2 Å². The molecule has 4 rings (SSSR count). The van der Waals surface area contributed by atoms with E-state index in [4.69, 9.17) is 14.2 Å². The third-order valence-electron chi connectivity index (χ3n) is 5.12. The SMILES string of the molecule is Cc1cc(F)ccc1OC1CC(OC(=O)N2CC3(COC(=O)C3)C2)C1. The van der Waals surface area contributed by atoms with Gasteiger partial charge in [0.2, 0.25) is 0 Å². The lowest BCUT2D eigenvalue weighted by Crippen LogP contribution is -2.59. The van der Waals surface area contributed by atoms with E-state index in [1.54, 1.807) is 17.9 Å². The van der Waals surface area contributed by atoms with Crippen molar-refractivity contribution >= 4 is 12.1 Å². The molecule has 0 radical (unpaired) electrons. The predicted octanol–water partition coefficient (Wildman–Crippen LogP) is 2.43. The maximum absolute atomic E-state index is 13.1. The first-order valence-electron chi connectivity index (χ1n) is 8.46. The maximum atomic E-state index is 13.1. The number of amides is 1. The molecule has 3 fully saturated rings. The van der Waals surface area contributed by atoms with Gasteiger partial charge in [-0.15, -0.1) is 0 Å². The van der Waals surface area contributed by atoms with E-state index in [0.29, 0.717) is 44.7 Å². The smallest absolute Gasteiger partial charge is 0.410 e. The van der Waals surface area contributed by atoms with E-state index >= 15 is 0 Å². The Balaban J connectivity index is 1.20. The molecular weight excluding hydrogens is 329 g/mol. The van der Waals surface area contributed by atoms with Crippen LogP contribution >= 0.6 is 0 Å². The molecule has 2 saturated heterocycles. The summed E-state index contributed by atoms with van der Waals surface area (Å²) < 4.78 is 29.3. The van der Waals surface area contributed by atoms with Crippen LogP contribution in [0.1, 0.15) is 24.8 Å². The summed E-state index contributed by atoms with van der Waals surface area (Å²) in [6.45, 7) is 3.22. The lowest BCUT2D eigenvalue weighted by atomic mass is 9.79. The molecule has 25 heavy (non-hydrogen) atoms. The zero-order valence-corrected chi connectivity index (χ0v) is 14.0. The van der Waals surface area contributed by atoms with Crippen LogP contribution < -0.4 is 4.74 Å². The minimum absolute atomic E-state index is 0.0226. The Kier molecular flexibility index (Phi) is 3.81. The molecule has 134 valence electrons. The first-order chi connectivity index (χ1) is 11.9. The van der Waals surface area contributed by atoms with E-state index in [2.05, 4.69) is 0 Å². The standard InChI is InChI=1S/C18H20FNO5/c1-11-4-12(19)2-3-15(11)24-13-5-14(6-13)25-17(22)20-8-18(9-20)7-16(21)23-10-18/h2-4,13-14H,5-10H2,1H3. The number of likely N-dealkylation sites (tertiary alicyclic amines) is 1. The van der Waals surface area contributed by atoms with E-state index in [-0.39, 0.29) is 35.5 Å². The summed E-state index contributed by atoms with van der Waals surface area (Å²) in [4.78, 5) is 24.9. The number of rotatable bonds is 3. The molecule has 1 aromatic carbocycles. The van der Waals surface area contributed by atoms with Gasteiger partial charge in [0.15, 0.2) is 0 Å². The topological polar surface area (TPSA) is 65.1 Å². The number of ether oxygens (including phenoxy) is 3. The summed E-state index contributed by atoms with van der Waals surface area (Å²) in [5.41, 5.74) is 0.557. The van der Waals surface area contributed by atoms with Crippen LogP contribution in [0.2, 0.25) is 0 Å². The molecule has 0 N–H and O–H groups in total. The fourth-order valence-corrected chi connectivity index (χ4v) is 3.59. The second kappa shape index (κ2) is 5.89. The summed E-state index contributed by atoms with van der Waals surface area (Å²) in [6, 6.07) is 4.42. The van der Waals surface area contributed by atoms with Crippen molar-refractivity contribution in [2.24, 2.45) is 5.41 Å².